The van der Waals surface area contributed by atoms with Gasteiger partial charge in [-0.15, -0.1) is 19.0 Å². The molecule has 0 radical (unpaired) electrons. The van der Waals surface area contributed by atoms with Crippen molar-refractivity contribution in [2.24, 2.45) is 0 Å². The lowest BCUT2D eigenvalue weighted by Crippen LogP contribution is -2.49. The average molecular weight is 297 g/mol. The Morgan fingerprint density at radius 2 is 1.90 bits per heavy atom. The molecule has 0 bridgehead atoms. The van der Waals surface area contributed by atoms with Gasteiger partial charge in [0.25, 0.3) is 0 Å². The normalized spacial score (nSPS) is 17.5. The highest BCUT2D eigenvalue weighted by molar-refractivity contribution is 5.85. The van der Waals surface area contributed by atoms with Gasteiger partial charge in [-0.25, -0.2) is 0 Å². The maximum atomic E-state index is 10.6. The van der Waals surface area contributed by atoms with Crippen LogP contribution < -0.4 is 5.32 Å². The summed E-state index contributed by atoms with van der Waals surface area (Å²) in [7, 11) is 0. The van der Waals surface area contributed by atoms with Gasteiger partial charge < -0.3 is 10.4 Å². The van der Waals surface area contributed by atoms with Crippen LogP contribution in [0.25, 0.3) is 0 Å². The van der Waals surface area contributed by atoms with E-state index in [-0.39, 0.29) is 12.4 Å². The van der Waals surface area contributed by atoms with Crippen LogP contribution in [0.5, 0.6) is 0 Å². The SMILES string of the molecule is C=CCN(Cc1ccccc1)CC1(O)CCNCC1.Cl. The summed E-state index contributed by atoms with van der Waals surface area (Å²) in [5.74, 6) is 0. The molecule has 0 amide bonds. The van der Waals surface area contributed by atoms with Gasteiger partial charge >= 0.3 is 0 Å². The van der Waals surface area contributed by atoms with Gasteiger partial charge in [-0.1, -0.05) is 36.4 Å². The lowest BCUT2D eigenvalue weighted by Gasteiger charge is -2.37. The monoisotopic (exact) mass is 296 g/mol. The van der Waals surface area contributed by atoms with Gasteiger partial charge in [-0.3, -0.25) is 4.90 Å². The molecule has 0 atom stereocenters. The van der Waals surface area contributed by atoms with E-state index in [1.807, 2.05) is 12.1 Å². The standard InChI is InChI=1S/C16H24N2O.ClH/c1-2-12-18(13-15-6-4-3-5-7-15)14-16(19)8-10-17-11-9-16;/h2-7,17,19H,1,8-14H2;1H. The third-order valence-electron chi connectivity index (χ3n) is 3.69. The lowest BCUT2D eigenvalue weighted by molar-refractivity contribution is -0.0202. The van der Waals surface area contributed by atoms with Crippen LogP contribution in [-0.2, 0) is 6.54 Å². The first-order valence-corrected chi connectivity index (χ1v) is 7.02. The summed E-state index contributed by atoms with van der Waals surface area (Å²) >= 11 is 0. The summed E-state index contributed by atoms with van der Waals surface area (Å²) in [6, 6.07) is 10.4. The van der Waals surface area contributed by atoms with Crippen molar-refractivity contribution >= 4 is 12.4 Å². The number of hydrogen-bond donors (Lipinski definition) is 2. The van der Waals surface area contributed by atoms with Crippen LogP contribution >= 0.6 is 12.4 Å². The molecule has 1 aliphatic rings. The Kier molecular flexibility index (Phi) is 7.24. The van der Waals surface area contributed by atoms with Crippen LogP contribution in [0.1, 0.15) is 18.4 Å². The van der Waals surface area contributed by atoms with Gasteiger partial charge in [0, 0.05) is 19.6 Å². The average Bonchev–Trinajstić information content (AvgIpc) is 2.40. The van der Waals surface area contributed by atoms with Crippen LogP contribution in [0.3, 0.4) is 0 Å². The third kappa shape index (κ3) is 5.25. The molecule has 1 aromatic rings. The molecule has 2 rings (SSSR count). The van der Waals surface area contributed by atoms with Gasteiger partial charge in [-0.2, -0.15) is 0 Å². The van der Waals surface area contributed by atoms with E-state index in [0.717, 1.165) is 45.6 Å². The zero-order valence-electron chi connectivity index (χ0n) is 11.9. The molecule has 2 N–H and O–H groups in total. The summed E-state index contributed by atoms with van der Waals surface area (Å²) in [5, 5.41) is 13.9. The van der Waals surface area contributed by atoms with Crippen LogP contribution in [0.4, 0.5) is 0 Å². The molecule has 1 aliphatic heterocycles. The summed E-state index contributed by atoms with van der Waals surface area (Å²) < 4.78 is 0. The second-order valence-electron chi connectivity index (χ2n) is 5.42. The summed E-state index contributed by atoms with van der Waals surface area (Å²) in [6.07, 6.45) is 3.57. The minimum absolute atomic E-state index is 0. The van der Waals surface area contributed by atoms with E-state index in [0.29, 0.717) is 0 Å². The molecule has 0 aliphatic carbocycles. The number of benzene rings is 1. The minimum atomic E-state index is -0.553. The quantitative estimate of drug-likeness (QED) is 0.790. The molecule has 1 aromatic carbocycles. The fraction of sp³-hybridized carbons (Fsp3) is 0.500. The predicted molar refractivity (Wildman–Crippen MR) is 86.2 cm³/mol. The van der Waals surface area contributed by atoms with Crippen LogP contribution in [-0.4, -0.2) is 41.8 Å². The number of halogens is 1. The van der Waals surface area contributed by atoms with Crippen molar-refractivity contribution in [1.82, 2.24) is 10.2 Å². The predicted octanol–water partition coefficient (Wildman–Crippen LogP) is 2.21. The van der Waals surface area contributed by atoms with E-state index in [1.165, 1.54) is 5.56 Å². The highest BCUT2D eigenvalue weighted by atomic mass is 35.5. The lowest BCUT2D eigenvalue weighted by atomic mass is 9.91. The second-order valence-corrected chi connectivity index (χ2v) is 5.42. The van der Waals surface area contributed by atoms with Gasteiger partial charge in [0.1, 0.15) is 0 Å². The Hall–Kier alpha value is -0.870. The van der Waals surface area contributed by atoms with Gasteiger partial charge in [0.2, 0.25) is 0 Å². The fourth-order valence-electron chi connectivity index (χ4n) is 2.68. The Morgan fingerprint density at radius 3 is 2.50 bits per heavy atom. The number of nitrogens with one attached hydrogen (secondary N) is 1. The molecule has 0 aromatic heterocycles. The van der Waals surface area contributed by atoms with Crippen LogP contribution in [0.15, 0.2) is 43.0 Å². The largest absolute Gasteiger partial charge is 0.388 e. The van der Waals surface area contributed by atoms with Gasteiger partial charge in [0.05, 0.1) is 5.60 Å². The highest BCUT2D eigenvalue weighted by Gasteiger charge is 2.30. The Labute approximate surface area is 128 Å². The van der Waals surface area contributed by atoms with E-state index in [1.54, 1.807) is 0 Å². The Balaban J connectivity index is 0.00000200. The molecule has 1 heterocycles. The molecule has 1 saturated heterocycles. The van der Waals surface area contributed by atoms with E-state index >= 15 is 0 Å². The molecule has 20 heavy (non-hydrogen) atoms. The zero-order chi connectivity index (χ0) is 13.6. The van der Waals surface area contributed by atoms with Crippen molar-refractivity contribution in [3.05, 3.63) is 48.6 Å². The number of nitrogens with zero attached hydrogens (tertiary/aromatic N) is 1. The van der Waals surface area contributed by atoms with Crippen molar-refractivity contribution in [3.63, 3.8) is 0 Å². The first-order chi connectivity index (χ1) is 9.22. The van der Waals surface area contributed by atoms with Crippen molar-refractivity contribution in [3.8, 4) is 0 Å². The topological polar surface area (TPSA) is 35.5 Å². The van der Waals surface area contributed by atoms with Crippen molar-refractivity contribution in [2.45, 2.75) is 25.0 Å². The van der Waals surface area contributed by atoms with Crippen LogP contribution in [0.2, 0.25) is 0 Å². The number of aliphatic hydroxyl groups is 1. The molecule has 1 fully saturated rings. The highest BCUT2D eigenvalue weighted by Crippen LogP contribution is 2.20. The molecular formula is C16H25ClN2O. The van der Waals surface area contributed by atoms with Crippen molar-refractivity contribution in [2.75, 3.05) is 26.2 Å². The van der Waals surface area contributed by atoms with Gasteiger partial charge in [0.15, 0.2) is 0 Å². The minimum Gasteiger partial charge on any atom is -0.388 e. The summed E-state index contributed by atoms with van der Waals surface area (Å²) in [5.41, 5.74) is 0.727. The first-order valence-electron chi connectivity index (χ1n) is 7.02. The Bertz CT molecular complexity index is 391. The zero-order valence-corrected chi connectivity index (χ0v) is 12.7. The Morgan fingerprint density at radius 1 is 1.25 bits per heavy atom. The maximum absolute atomic E-state index is 10.6. The van der Waals surface area contributed by atoms with Crippen molar-refractivity contribution < 1.29 is 5.11 Å². The summed E-state index contributed by atoms with van der Waals surface area (Å²) in [4.78, 5) is 2.27. The molecule has 4 heteroatoms. The first kappa shape index (κ1) is 17.2. The second kappa shape index (κ2) is 8.42. The van der Waals surface area contributed by atoms with E-state index in [2.05, 4.69) is 41.1 Å². The number of piperidine rings is 1. The van der Waals surface area contributed by atoms with Crippen molar-refractivity contribution in [1.29, 1.82) is 0 Å². The summed E-state index contributed by atoms with van der Waals surface area (Å²) in [6.45, 7) is 8.03. The molecular weight excluding hydrogens is 272 g/mol. The van der Waals surface area contributed by atoms with Gasteiger partial charge in [-0.05, 0) is 31.5 Å². The number of hydrogen-bond acceptors (Lipinski definition) is 3. The number of rotatable bonds is 6. The molecule has 112 valence electrons. The van der Waals surface area contributed by atoms with Crippen LogP contribution in [0, 0.1) is 0 Å². The third-order valence-corrected chi connectivity index (χ3v) is 3.69. The molecule has 0 saturated carbocycles. The smallest absolute Gasteiger partial charge is 0.0798 e. The maximum Gasteiger partial charge on any atom is 0.0798 e. The molecule has 3 nitrogen and oxygen atoms in total. The van der Waals surface area contributed by atoms with E-state index in [4.69, 9.17) is 0 Å². The molecule has 0 unspecified atom stereocenters. The van der Waals surface area contributed by atoms with E-state index < -0.39 is 5.60 Å². The van der Waals surface area contributed by atoms with E-state index in [9.17, 15) is 5.11 Å². The fourth-order valence-corrected chi connectivity index (χ4v) is 2.68. The molecule has 0 spiro atoms.